The van der Waals surface area contributed by atoms with Gasteiger partial charge in [-0.15, -0.1) is 0 Å². The lowest BCUT2D eigenvalue weighted by Gasteiger charge is -2.25. The number of carbonyl (C=O) groups is 1. The second kappa shape index (κ2) is 6.00. The summed E-state index contributed by atoms with van der Waals surface area (Å²) in [5, 5.41) is 8.66. The van der Waals surface area contributed by atoms with Crippen LogP contribution in [0.5, 0.6) is 0 Å². The van der Waals surface area contributed by atoms with Gasteiger partial charge in [0.25, 0.3) is 5.91 Å². The van der Waals surface area contributed by atoms with E-state index < -0.39 is 16.1 Å². The Labute approximate surface area is 116 Å². The minimum Gasteiger partial charge on any atom is -0.379 e. The van der Waals surface area contributed by atoms with Crippen LogP contribution in [-0.4, -0.2) is 44.9 Å². The van der Waals surface area contributed by atoms with Gasteiger partial charge in [0.2, 0.25) is 0 Å². The third-order valence-corrected chi connectivity index (χ3v) is 4.30. The summed E-state index contributed by atoms with van der Waals surface area (Å²) >= 11 is 0. The van der Waals surface area contributed by atoms with Crippen molar-refractivity contribution in [1.29, 1.82) is 5.26 Å². The highest BCUT2D eigenvalue weighted by Gasteiger charge is 2.26. The lowest BCUT2D eigenvalue weighted by atomic mass is 10.1. The monoisotopic (exact) mass is 295 g/mol. The van der Waals surface area contributed by atoms with Crippen molar-refractivity contribution in [3.63, 3.8) is 0 Å². The predicted octanol–water partition coefficient (Wildman–Crippen LogP) is -0.135. The maximum absolute atomic E-state index is 12.0. The summed E-state index contributed by atoms with van der Waals surface area (Å²) in [4.78, 5) is 11.9. The van der Waals surface area contributed by atoms with Crippen LogP contribution in [0.2, 0.25) is 0 Å². The van der Waals surface area contributed by atoms with Gasteiger partial charge in [0.15, 0.2) is 0 Å². The van der Waals surface area contributed by atoms with E-state index in [1.165, 1.54) is 24.3 Å². The zero-order valence-corrected chi connectivity index (χ0v) is 11.4. The molecule has 0 saturated carbocycles. The first-order valence-corrected chi connectivity index (χ1v) is 7.37. The Hall–Kier alpha value is -1.95. The molecule has 1 heterocycles. The van der Waals surface area contributed by atoms with Gasteiger partial charge in [-0.1, -0.05) is 0 Å². The number of benzene rings is 1. The quantitative estimate of drug-likeness (QED) is 0.837. The minimum absolute atomic E-state index is 0.181. The molecule has 1 aliphatic rings. The number of carbonyl (C=O) groups excluding carboxylic acids is 1. The van der Waals surface area contributed by atoms with Crippen molar-refractivity contribution in [2.45, 2.75) is 0 Å². The van der Waals surface area contributed by atoms with Gasteiger partial charge in [0, 0.05) is 18.7 Å². The van der Waals surface area contributed by atoms with Gasteiger partial charge in [-0.05, 0) is 24.3 Å². The van der Waals surface area contributed by atoms with E-state index in [2.05, 4.69) is 0 Å². The number of hydrogen-bond donors (Lipinski definition) is 1. The van der Waals surface area contributed by atoms with Crippen LogP contribution in [0, 0.1) is 11.3 Å². The van der Waals surface area contributed by atoms with Crippen LogP contribution >= 0.6 is 0 Å². The van der Waals surface area contributed by atoms with E-state index in [-0.39, 0.29) is 18.7 Å². The molecule has 106 valence electrons. The lowest BCUT2D eigenvalue weighted by molar-refractivity contribution is 0.0719. The first kappa shape index (κ1) is 14.5. The standard InChI is InChI=1S/C12H13N3O4S/c13-9-10-1-3-11(4-2-10)12(16)14-20(17,18)15-5-7-19-8-6-15/h1-4H,5-8H2,(H,14,16). The fraction of sp³-hybridized carbons (Fsp3) is 0.333. The number of rotatable bonds is 3. The van der Waals surface area contributed by atoms with Crippen molar-refractivity contribution in [1.82, 2.24) is 9.03 Å². The molecule has 7 nitrogen and oxygen atoms in total. The van der Waals surface area contributed by atoms with E-state index >= 15 is 0 Å². The normalized spacial score (nSPS) is 16.4. The molecule has 20 heavy (non-hydrogen) atoms. The molecular formula is C12H13N3O4S. The third-order valence-electron chi connectivity index (χ3n) is 2.81. The predicted molar refractivity (Wildman–Crippen MR) is 69.9 cm³/mol. The molecule has 0 aromatic heterocycles. The Morgan fingerprint density at radius 3 is 2.40 bits per heavy atom. The van der Waals surface area contributed by atoms with Gasteiger partial charge in [0.1, 0.15) is 0 Å². The second-order valence-electron chi connectivity index (χ2n) is 4.14. The highest BCUT2D eigenvalue weighted by Crippen LogP contribution is 2.07. The van der Waals surface area contributed by atoms with Crippen molar-refractivity contribution in [2.75, 3.05) is 26.3 Å². The molecule has 1 aromatic carbocycles. The molecule has 0 radical (unpaired) electrons. The van der Waals surface area contributed by atoms with Gasteiger partial charge in [-0.2, -0.15) is 18.0 Å². The summed E-state index contributed by atoms with van der Waals surface area (Å²) < 4.78 is 32.2. The Morgan fingerprint density at radius 1 is 1.25 bits per heavy atom. The Balaban J connectivity index is 2.08. The lowest BCUT2D eigenvalue weighted by Crippen LogP contribution is -2.48. The molecule has 0 atom stereocenters. The van der Waals surface area contributed by atoms with E-state index in [1.807, 2.05) is 10.8 Å². The largest absolute Gasteiger partial charge is 0.379 e. The summed E-state index contributed by atoms with van der Waals surface area (Å²) in [6.07, 6.45) is 0. The van der Waals surface area contributed by atoms with Crippen molar-refractivity contribution < 1.29 is 17.9 Å². The molecule has 1 saturated heterocycles. The summed E-state index contributed by atoms with van der Waals surface area (Å²) in [6, 6.07) is 7.64. The smallest absolute Gasteiger partial charge is 0.304 e. The molecule has 1 aliphatic heterocycles. The van der Waals surface area contributed by atoms with Gasteiger partial charge in [-0.25, -0.2) is 4.72 Å². The van der Waals surface area contributed by atoms with Gasteiger partial charge in [0.05, 0.1) is 24.8 Å². The van der Waals surface area contributed by atoms with Crippen molar-refractivity contribution in [3.05, 3.63) is 35.4 Å². The maximum Gasteiger partial charge on any atom is 0.304 e. The maximum atomic E-state index is 12.0. The van der Waals surface area contributed by atoms with Crippen LogP contribution in [0.15, 0.2) is 24.3 Å². The summed E-state index contributed by atoms with van der Waals surface area (Å²) in [5.41, 5.74) is 0.582. The van der Waals surface area contributed by atoms with Crippen LogP contribution in [0.4, 0.5) is 0 Å². The number of amides is 1. The number of nitriles is 1. The average molecular weight is 295 g/mol. The van der Waals surface area contributed by atoms with Gasteiger partial charge in [-0.3, -0.25) is 4.79 Å². The number of hydrogen-bond acceptors (Lipinski definition) is 5. The summed E-state index contributed by atoms with van der Waals surface area (Å²) in [7, 11) is -3.86. The molecule has 0 aliphatic carbocycles. The van der Waals surface area contributed by atoms with Crippen molar-refractivity contribution >= 4 is 16.1 Å². The van der Waals surface area contributed by atoms with Crippen molar-refractivity contribution in [2.24, 2.45) is 0 Å². The van der Waals surface area contributed by atoms with E-state index in [1.54, 1.807) is 0 Å². The summed E-state index contributed by atoms with van der Waals surface area (Å²) in [5.74, 6) is -0.721. The van der Waals surface area contributed by atoms with Crippen LogP contribution in [0.1, 0.15) is 15.9 Å². The molecule has 0 bridgehead atoms. The Bertz CT molecular complexity index is 628. The van der Waals surface area contributed by atoms with E-state index in [4.69, 9.17) is 10.00 Å². The molecule has 1 N–H and O–H groups in total. The molecule has 0 unspecified atom stereocenters. The molecular weight excluding hydrogens is 282 g/mol. The zero-order chi connectivity index (χ0) is 14.6. The number of nitrogens with one attached hydrogen (secondary N) is 1. The topological polar surface area (TPSA) is 99.5 Å². The van der Waals surface area contributed by atoms with Crippen molar-refractivity contribution in [3.8, 4) is 6.07 Å². The SMILES string of the molecule is N#Cc1ccc(C(=O)NS(=O)(=O)N2CCOCC2)cc1. The molecule has 1 amide bonds. The number of morpholine rings is 1. The van der Waals surface area contributed by atoms with Crippen LogP contribution in [0.25, 0.3) is 0 Å². The first-order chi connectivity index (χ1) is 9.53. The Morgan fingerprint density at radius 2 is 1.85 bits per heavy atom. The van der Waals surface area contributed by atoms with Crippen LogP contribution < -0.4 is 4.72 Å². The highest BCUT2D eigenvalue weighted by atomic mass is 32.2. The van der Waals surface area contributed by atoms with E-state index in [0.717, 1.165) is 4.31 Å². The van der Waals surface area contributed by atoms with E-state index in [0.29, 0.717) is 18.8 Å². The third kappa shape index (κ3) is 3.33. The summed E-state index contributed by atoms with van der Waals surface area (Å²) in [6.45, 7) is 1.06. The molecule has 8 heteroatoms. The van der Waals surface area contributed by atoms with Crippen LogP contribution in [-0.2, 0) is 14.9 Å². The number of ether oxygens (including phenoxy) is 1. The van der Waals surface area contributed by atoms with E-state index in [9.17, 15) is 13.2 Å². The fourth-order valence-corrected chi connectivity index (χ4v) is 2.83. The number of nitrogens with zero attached hydrogens (tertiary/aromatic N) is 2. The first-order valence-electron chi connectivity index (χ1n) is 5.93. The van der Waals surface area contributed by atoms with Gasteiger partial charge >= 0.3 is 10.2 Å². The average Bonchev–Trinajstić information content (AvgIpc) is 2.48. The zero-order valence-electron chi connectivity index (χ0n) is 10.6. The molecule has 1 aromatic rings. The van der Waals surface area contributed by atoms with Crippen LogP contribution in [0.3, 0.4) is 0 Å². The molecule has 1 fully saturated rings. The Kier molecular flexibility index (Phi) is 4.34. The second-order valence-corrected chi connectivity index (χ2v) is 5.81. The molecule has 2 rings (SSSR count). The molecule has 0 spiro atoms. The highest BCUT2D eigenvalue weighted by molar-refractivity contribution is 7.87. The van der Waals surface area contributed by atoms with Gasteiger partial charge < -0.3 is 4.74 Å². The fourth-order valence-electron chi connectivity index (χ4n) is 1.72. The minimum atomic E-state index is -3.86.